The van der Waals surface area contributed by atoms with Gasteiger partial charge in [0, 0.05) is 6.26 Å². The van der Waals surface area contributed by atoms with E-state index in [4.69, 9.17) is 15.3 Å². The normalized spacial score (nSPS) is 13.9. The molecule has 0 bridgehead atoms. The number of hydrogen-bond donors (Lipinski definition) is 2. The van der Waals surface area contributed by atoms with Gasteiger partial charge in [-0.25, -0.2) is 8.42 Å². The van der Waals surface area contributed by atoms with Crippen LogP contribution in [0.15, 0.2) is 18.2 Å². The molecule has 0 saturated heterocycles. The van der Waals surface area contributed by atoms with E-state index in [1.165, 1.54) is 20.5 Å². The van der Waals surface area contributed by atoms with Crippen LogP contribution in [0.4, 0.5) is 0 Å². The van der Waals surface area contributed by atoms with E-state index in [-0.39, 0.29) is 0 Å². The number of hydrogen-bond acceptors (Lipinski definition) is 6. The SMILES string of the molecule is COc1cccc(OC)c1C(NN)C(C)(C)S(C)(=O)=O. The molecular formula is C13H22N2O4S. The minimum absolute atomic E-state index is 0.518. The lowest BCUT2D eigenvalue weighted by Crippen LogP contribution is -2.47. The van der Waals surface area contributed by atoms with Gasteiger partial charge in [-0.05, 0) is 26.0 Å². The van der Waals surface area contributed by atoms with E-state index in [9.17, 15) is 8.42 Å². The van der Waals surface area contributed by atoms with Crippen molar-refractivity contribution < 1.29 is 17.9 Å². The maximum absolute atomic E-state index is 12.0. The van der Waals surface area contributed by atoms with Crippen LogP contribution < -0.4 is 20.7 Å². The first-order valence-corrected chi connectivity index (χ1v) is 7.96. The Hall–Kier alpha value is -1.31. The summed E-state index contributed by atoms with van der Waals surface area (Å²) >= 11 is 0. The molecule has 0 radical (unpaired) electrons. The lowest BCUT2D eigenvalue weighted by Gasteiger charge is -2.33. The van der Waals surface area contributed by atoms with Gasteiger partial charge in [0.25, 0.3) is 0 Å². The Labute approximate surface area is 120 Å². The van der Waals surface area contributed by atoms with E-state index < -0.39 is 20.6 Å². The van der Waals surface area contributed by atoms with Crippen molar-refractivity contribution in [2.75, 3.05) is 20.5 Å². The molecule has 0 aliphatic heterocycles. The first-order chi connectivity index (χ1) is 9.20. The summed E-state index contributed by atoms with van der Waals surface area (Å²) in [5.41, 5.74) is 3.15. The van der Waals surface area contributed by atoms with Crippen LogP contribution >= 0.6 is 0 Å². The number of hydrazine groups is 1. The molecule has 3 N–H and O–H groups in total. The standard InChI is InChI=1S/C13H22N2O4S/c1-13(2,20(5,16)17)12(15-14)11-9(18-3)7-6-8-10(11)19-4/h6-8,12,15H,14H2,1-5H3. The molecule has 0 heterocycles. The van der Waals surface area contributed by atoms with Gasteiger partial charge in [0.15, 0.2) is 9.84 Å². The molecule has 0 fully saturated rings. The largest absolute Gasteiger partial charge is 0.496 e. The number of ether oxygens (including phenoxy) is 2. The van der Waals surface area contributed by atoms with Crippen molar-refractivity contribution in [3.05, 3.63) is 23.8 Å². The Morgan fingerprint density at radius 1 is 1.20 bits per heavy atom. The first-order valence-electron chi connectivity index (χ1n) is 6.07. The molecule has 1 aromatic carbocycles. The quantitative estimate of drug-likeness (QED) is 0.602. The molecule has 0 aliphatic rings. The highest BCUT2D eigenvalue weighted by Crippen LogP contribution is 2.41. The molecular weight excluding hydrogens is 280 g/mol. The smallest absolute Gasteiger partial charge is 0.154 e. The number of rotatable bonds is 6. The van der Waals surface area contributed by atoms with Gasteiger partial charge in [-0.3, -0.25) is 11.3 Å². The molecule has 114 valence electrons. The molecule has 1 rings (SSSR count). The molecule has 20 heavy (non-hydrogen) atoms. The van der Waals surface area contributed by atoms with Crippen molar-refractivity contribution in [3.8, 4) is 11.5 Å². The molecule has 0 saturated carbocycles. The third-order valence-electron chi connectivity index (χ3n) is 3.57. The Morgan fingerprint density at radius 2 is 1.65 bits per heavy atom. The highest BCUT2D eigenvalue weighted by Gasteiger charge is 2.42. The fourth-order valence-corrected chi connectivity index (χ4v) is 2.62. The second-order valence-electron chi connectivity index (χ2n) is 5.05. The predicted molar refractivity (Wildman–Crippen MR) is 78.5 cm³/mol. The van der Waals surface area contributed by atoms with E-state index in [2.05, 4.69) is 5.43 Å². The van der Waals surface area contributed by atoms with Crippen molar-refractivity contribution >= 4 is 9.84 Å². The van der Waals surface area contributed by atoms with Gasteiger partial charge in [0.05, 0.1) is 30.6 Å². The Balaban J connectivity index is 3.54. The van der Waals surface area contributed by atoms with Crippen LogP contribution in [0, 0.1) is 0 Å². The van der Waals surface area contributed by atoms with E-state index >= 15 is 0 Å². The molecule has 0 amide bonds. The fraction of sp³-hybridized carbons (Fsp3) is 0.538. The number of methoxy groups -OCH3 is 2. The third kappa shape index (κ3) is 2.89. The monoisotopic (exact) mass is 302 g/mol. The van der Waals surface area contributed by atoms with Crippen molar-refractivity contribution in [1.29, 1.82) is 0 Å². The van der Waals surface area contributed by atoms with Gasteiger partial charge >= 0.3 is 0 Å². The second-order valence-corrected chi connectivity index (χ2v) is 7.65. The topological polar surface area (TPSA) is 90.7 Å². The summed E-state index contributed by atoms with van der Waals surface area (Å²) in [5, 5.41) is 0. The van der Waals surface area contributed by atoms with Gasteiger partial charge in [-0.2, -0.15) is 0 Å². The highest BCUT2D eigenvalue weighted by molar-refractivity contribution is 7.92. The van der Waals surface area contributed by atoms with Crippen LogP contribution in [0.3, 0.4) is 0 Å². The van der Waals surface area contributed by atoms with Gasteiger partial charge in [0.2, 0.25) is 0 Å². The summed E-state index contributed by atoms with van der Waals surface area (Å²) in [7, 11) is -0.339. The molecule has 0 spiro atoms. The number of nitrogens with one attached hydrogen (secondary N) is 1. The average molecular weight is 302 g/mol. The van der Waals surface area contributed by atoms with Gasteiger partial charge in [0.1, 0.15) is 11.5 Å². The maximum Gasteiger partial charge on any atom is 0.154 e. The zero-order valence-corrected chi connectivity index (χ0v) is 13.2. The number of sulfone groups is 1. The summed E-state index contributed by atoms with van der Waals surface area (Å²) in [6, 6.07) is 4.56. The minimum atomic E-state index is -3.37. The van der Waals surface area contributed by atoms with Gasteiger partial charge in [-0.1, -0.05) is 6.07 Å². The summed E-state index contributed by atoms with van der Waals surface area (Å²) in [4.78, 5) is 0. The summed E-state index contributed by atoms with van der Waals surface area (Å²) in [6.07, 6.45) is 1.18. The third-order valence-corrected chi connectivity index (χ3v) is 5.72. The van der Waals surface area contributed by atoms with Gasteiger partial charge in [-0.15, -0.1) is 0 Å². The van der Waals surface area contributed by atoms with Crippen molar-refractivity contribution in [2.24, 2.45) is 5.84 Å². The molecule has 0 aliphatic carbocycles. The van der Waals surface area contributed by atoms with Crippen LogP contribution in [-0.4, -0.2) is 33.6 Å². The molecule has 1 aromatic rings. The fourth-order valence-electron chi connectivity index (χ4n) is 2.01. The van der Waals surface area contributed by atoms with Crippen LogP contribution in [-0.2, 0) is 9.84 Å². The van der Waals surface area contributed by atoms with Gasteiger partial charge < -0.3 is 9.47 Å². The lowest BCUT2D eigenvalue weighted by molar-refractivity contribution is 0.351. The molecule has 0 aromatic heterocycles. The molecule has 6 nitrogen and oxygen atoms in total. The second kappa shape index (κ2) is 5.99. The van der Waals surface area contributed by atoms with Crippen molar-refractivity contribution in [1.82, 2.24) is 5.43 Å². The van der Waals surface area contributed by atoms with E-state index in [1.807, 2.05) is 0 Å². The Bertz CT molecular complexity index is 547. The van der Waals surface area contributed by atoms with Crippen LogP contribution in [0.2, 0.25) is 0 Å². The van der Waals surface area contributed by atoms with Crippen molar-refractivity contribution in [3.63, 3.8) is 0 Å². The zero-order valence-electron chi connectivity index (χ0n) is 12.4. The predicted octanol–water partition coefficient (Wildman–Crippen LogP) is 1.03. The van der Waals surface area contributed by atoms with E-state index in [0.717, 1.165) is 0 Å². The summed E-state index contributed by atoms with van der Waals surface area (Å²) < 4.78 is 33.6. The molecule has 7 heteroatoms. The number of benzene rings is 1. The molecule has 1 unspecified atom stereocenters. The minimum Gasteiger partial charge on any atom is -0.496 e. The van der Waals surface area contributed by atoms with Crippen LogP contribution in [0.5, 0.6) is 11.5 Å². The first kappa shape index (κ1) is 16.7. The molecule has 1 atom stereocenters. The highest BCUT2D eigenvalue weighted by atomic mass is 32.2. The summed E-state index contributed by atoms with van der Waals surface area (Å²) in [5.74, 6) is 6.64. The maximum atomic E-state index is 12.0. The number of nitrogens with two attached hydrogens (primary N) is 1. The average Bonchev–Trinajstić information content (AvgIpc) is 2.38. The zero-order chi connectivity index (χ0) is 15.6. The van der Waals surface area contributed by atoms with E-state index in [0.29, 0.717) is 17.1 Å². The summed E-state index contributed by atoms with van der Waals surface area (Å²) in [6.45, 7) is 3.22. The lowest BCUT2D eigenvalue weighted by atomic mass is 9.94. The van der Waals surface area contributed by atoms with Crippen molar-refractivity contribution in [2.45, 2.75) is 24.6 Å². The van der Waals surface area contributed by atoms with E-state index in [1.54, 1.807) is 32.0 Å². The van der Waals surface area contributed by atoms with Crippen LogP contribution in [0.1, 0.15) is 25.5 Å². The Kier molecular flexibility index (Phi) is 5.01. The Morgan fingerprint density at radius 3 is 1.95 bits per heavy atom. The van der Waals surface area contributed by atoms with Crippen LogP contribution in [0.25, 0.3) is 0 Å².